The second-order valence-electron chi connectivity index (χ2n) is 3.83. The Kier molecular flexibility index (Phi) is 4.84. The van der Waals surface area contributed by atoms with Crippen LogP contribution >= 0.6 is 0 Å². The molecule has 0 spiro atoms. The summed E-state index contributed by atoms with van der Waals surface area (Å²) >= 11 is 0. The van der Waals surface area contributed by atoms with Gasteiger partial charge in [0.25, 0.3) is 5.91 Å². The van der Waals surface area contributed by atoms with Crippen molar-refractivity contribution >= 4 is 17.8 Å². The lowest BCUT2D eigenvalue weighted by Crippen LogP contribution is -2.31. The number of aliphatic hydroxyl groups is 2. The number of carbonyl (C=O) groups is 2. The van der Waals surface area contributed by atoms with Gasteiger partial charge in [0.05, 0.1) is 25.6 Å². The summed E-state index contributed by atoms with van der Waals surface area (Å²) in [5, 5.41) is 29.5. The number of hydrogen-bond acceptors (Lipinski definition) is 5. The van der Waals surface area contributed by atoms with E-state index >= 15 is 0 Å². The smallest absolute Gasteiger partial charge is 0.412 e. The van der Waals surface area contributed by atoms with Gasteiger partial charge in [0.2, 0.25) is 0 Å². The molecule has 0 fully saturated rings. The van der Waals surface area contributed by atoms with Gasteiger partial charge in [-0.15, -0.1) is 0 Å². The Morgan fingerprint density at radius 2 is 2.21 bits per heavy atom. The molecule has 9 heteroatoms. The molecule has 1 unspecified atom stereocenters. The zero-order chi connectivity index (χ0) is 14.6. The van der Waals surface area contributed by atoms with Crippen LogP contribution in [0.3, 0.4) is 0 Å². The van der Waals surface area contributed by atoms with Crippen molar-refractivity contribution in [1.82, 2.24) is 14.9 Å². The average Bonchev–Trinajstić information content (AvgIpc) is 2.79. The fourth-order valence-corrected chi connectivity index (χ4v) is 1.48. The molecule has 9 nitrogen and oxygen atoms in total. The molecule has 0 saturated heterocycles. The van der Waals surface area contributed by atoms with Gasteiger partial charge in [-0.1, -0.05) is 0 Å². The summed E-state index contributed by atoms with van der Waals surface area (Å²) in [5.74, 6) is -0.581. The molecule has 1 aromatic rings. The highest BCUT2D eigenvalue weighted by Gasteiger charge is 2.24. The van der Waals surface area contributed by atoms with Gasteiger partial charge in [-0.3, -0.25) is 9.69 Å². The van der Waals surface area contributed by atoms with Gasteiger partial charge in [-0.05, 0) is 0 Å². The van der Waals surface area contributed by atoms with E-state index in [9.17, 15) is 14.7 Å². The number of rotatable bonds is 5. The molecule has 106 valence electrons. The fraction of sp³-hybridized carbons (Fsp3) is 0.500. The Labute approximate surface area is 109 Å². The van der Waals surface area contributed by atoms with Crippen LogP contribution in [0.1, 0.15) is 10.5 Å². The normalized spacial score (nSPS) is 12.0. The lowest BCUT2D eigenvalue weighted by atomic mass is 10.3. The Morgan fingerprint density at radius 3 is 2.68 bits per heavy atom. The van der Waals surface area contributed by atoms with Crippen LogP contribution < -0.4 is 10.2 Å². The standard InChI is InChI=1S/C10H16N4O5/c1-11-9(17)7-8(13(2)10(18)19)12-5-14(7)3-6(16)4-15/h5-6,15-16H,3-4H2,1-2H3,(H,11,17)(H,18,19). The highest BCUT2D eigenvalue weighted by molar-refractivity contribution is 6.00. The number of aliphatic hydroxyl groups excluding tert-OH is 2. The van der Waals surface area contributed by atoms with Crippen LogP contribution in [-0.2, 0) is 6.54 Å². The summed E-state index contributed by atoms with van der Waals surface area (Å²) in [6.45, 7) is -0.546. The highest BCUT2D eigenvalue weighted by Crippen LogP contribution is 2.18. The monoisotopic (exact) mass is 272 g/mol. The van der Waals surface area contributed by atoms with E-state index in [-0.39, 0.29) is 18.1 Å². The molecule has 4 N–H and O–H groups in total. The SMILES string of the molecule is CNC(=O)c1c(N(C)C(=O)O)ncn1CC(O)CO. The number of imidazole rings is 1. The van der Waals surface area contributed by atoms with Gasteiger partial charge in [0, 0.05) is 14.1 Å². The maximum atomic E-state index is 11.8. The molecule has 1 aromatic heterocycles. The van der Waals surface area contributed by atoms with Crippen LogP contribution in [0.15, 0.2) is 6.33 Å². The van der Waals surface area contributed by atoms with Crippen LogP contribution in [0.5, 0.6) is 0 Å². The molecule has 0 bridgehead atoms. The van der Waals surface area contributed by atoms with E-state index in [0.717, 1.165) is 4.90 Å². The lowest BCUT2D eigenvalue weighted by molar-refractivity contribution is 0.0789. The summed E-state index contributed by atoms with van der Waals surface area (Å²) in [4.78, 5) is 27.3. The van der Waals surface area contributed by atoms with Crippen molar-refractivity contribution in [2.75, 3.05) is 25.6 Å². The van der Waals surface area contributed by atoms with Crippen LogP contribution in [-0.4, -0.2) is 63.7 Å². The van der Waals surface area contributed by atoms with Crippen LogP contribution in [0.2, 0.25) is 0 Å². The third-order valence-corrected chi connectivity index (χ3v) is 2.48. The van der Waals surface area contributed by atoms with Crippen molar-refractivity contribution in [1.29, 1.82) is 0 Å². The molecule has 1 heterocycles. The van der Waals surface area contributed by atoms with E-state index in [1.54, 1.807) is 0 Å². The van der Waals surface area contributed by atoms with Crippen LogP contribution in [0.25, 0.3) is 0 Å². The Morgan fingerprint density at radius 1 is 1.58 bits per heavy atom. The molecule has 0 radical (unpaired) electrons. The quantitative estimate of drug-likeness (QED) is 0.528. The zero-order valence-corrected chi connectivity index (χ0v) is 10.6. The van der Waals surface area contributed by atoms with E-state index in [4.69, 9.17) is 10.2 Å². The first-order chi connectivity index (χ1) is 8.92. The number of hydrogen-bond donors (Lipinski definition) is 4. The second-order valence-corrected chi connectivity index (χ2v) is 3.83. The Balaban J connectivity index is 3.19. The molecule has 2 amide bonds. The van der Waals surface area contributed by atoms with Gasteiger partial charge >= 0.3 is 6.09 Å². The number of aromatic nitrogens is 2. The fourth-order valence-electron chi connectivity index (χ4n) is 1.48. The Bertz CT molecular complexity index is 472. The summed E-state index contributed by atoms with van der Waals surface area (Å²) in [7, 11) is 2.65. The summed E-state index contributed by atoms with van der Waals surface area (Å²) in [5.41, 5.74) is -0.0000926. The number of anilines is 1. The van der Waals surface area contributed by atoms with Crippen LogP contribution in [0, 0.1) is 0 Å². The predicted molar refractivity (Wildman–Crippen MR) is 65.1 cm³/mol. The molecule has 0 aromatic carbocycles. The number of nitrogens with zero attached hydrogens (tertiary/aromatic N) is 3. The summed E-state index contributed by atoms with van der Waals surface area (Å²) in [6, 6.07) is 0. The summed E-state index contributed by atoms with van der Waals surface area (Å²) < 4.78 is 1.29. The van der Waals surface area contributed by atoms with E-state index in [1.165, 1.54) is 25.0 Å². The molecular weight excluding hydrogens is 256 g/mol. The molecule has 0 aliphatic rings. The minimum atomic E-state index is -1.27. The molecule has 19 heavy (non-hydrogen) atoms. The maximum absolute atomic E-state index is 11.8. The number of carboxylic acid groups (broad SMARTS) is 1. The molecule has 0 aliphatic carbocycles. The van der Waals surface area contributed by atoms with E-state index in [2.05, 4.69) is 10.3 Å². The van der Waals surface area contributed by atoms with Crippen molar-refractivity contribution in [3.05, 3.63) is 12.0 Å². The maximum Gasteiger partial charge on any atom is 0.412 e. The van der Waals surface area contributed by atoms with Crippen molar-refractivity contribution in [3.63, 3.8) is 0 Å². The van der Waals surface area contributed by atoms with E-state index in [0.29, 0.717) is 0 Å². The predicted octanol–water partition coefficient (Wildman–Crippen LogP) is -1.29. The van der Waals surface area contributed by atoms with Gasteiger partial charge in [0.15, 0.2) is 11.5 Å². The van der Waals surface area contributed by atoms with Gasteiger partial charge in [-0.25, -0.2) is 9.78 Å². The first-order valence-corrected chi connectivity index (χ1v) is 5.45. The first-order valence-electron chi connectivity index (χ1n) is 5.45. The van der Waals surface area contributed by atoms with Crippen molar-refractivity contribution < 1.29 is 24.9 Å². The number of carbonyl (C=O) groups excluding carboxylic acids is 1. The minimum absolute atomic E-state index is 0.0000926. The lowest BCUT2D eigenvalue weighted by Gasteiger charge is -2.15. The topological polar surface area (TPSA) is 128 Å². The van der Waals surface area contributed by atoms with E-state index in [1.807, 2.05) is 0 Å². The second kappa shape index (κ2) is 6.16. The minimum Gasteiger partial charge on any atom is -0.465 e. The highest BCUT2D eigenvalue weighted by atomic mass is 16.4. The molecular formula is C10H16N4O5. The van der Waals surface area contributed by atoms with Crippen molar-refractivity contribution in [2.45, 2.75) is 12.6 Å². The van der Waals surface area contributed by atoms with Crippen molar-refractivity contribution in [3.8, 4) is 0 Å². The van der Waals surface area contributed by atoms with Gasteiger partial charge in [0.1, 0.15) is 0 Å². The number of amides is 2. The third kappa shape index (κ3) is 3.20. The Hall–Kier alpha value is -2.13. The zero-order valence-electron chi connectivity index (χ0n) is 10.6. The molecule has 0 aliphatic heterocycles. The molecule has 0 saturated carbocycles. The summed E-state index contributed by atoms with van der Waals surface area (Å²) in [6.07, 6.45) is -1.10. The average molecular weight is 272 g/mol. The van der Waals surface area contributed by atoms with Crippen molar-refractivity contribution in [2.24, 2.45) is 0 Å². The van der Waals surface area contributed by atoms with Gasteiger partial charge < -0.3 is 25.2 Å². The largest absolute Gasteiger partial charge is 0.465 e. The van der Waals surface area contributed by atoms with E-state index < -0.39 is 24.7 Å². The third-order valence-electron chi connectivity index (χ3n) is 2.48. The first kappa shape index (κ1) is 14.9. The molecule has 1 atom stereocenters. The van der Waals surface area contributed by atoms with Crippen LogP contribution in [0.4, 0.5) is 10.6 Å². The number of nitrogens with one attached hydrogen (secondary N) is 1. The van der Waals surface area contributed by atoms with Gasteiger partial charge in [-0.2, -0.15) is 0 Å². The molecule has 1 rings (SSSR count).